The molecule has 14 heavy (non-hydrogen) atoms. The third-order valence-electron chi connectivity index (χ3n) is 1.96. The fraction of sp³-hybridized carbons (Fsp3) is 0.833. The Kier molecular flexibility index (Phi) is 5.66. The second kappa shape index (κ2) is 5.94. The summed E-state index contributed by atoms with van der Waals surface area (Å²) in [5.74, 6) is 0.536. The van der Waals surface area contributed by atoms with E-state index < -0.39 is 0 Å². The van der Waals surface area contributed by atoms with Crippen LogP contribution in [0.4, 0.5) is 0 Å². The standard InChI is InChI=1S/C12H22O2/c1-10(13)7-5-6-8-11(14)9-12(2,3)4/h5-9H2,1-4H3. The Hall–Kier alpha value is -0.660. The van der Waals surface area contributed by atoms with Gasteiger partial charge in [0.2, 0.25) is 0 Å². The van der Waals surface area contributed by atoms with Crippen molar-refractivity contribution >= 4 is 11.6 Å². The lowest BCUT2D eigenvalue weighted by Gasteiger charge is -2.16. The van der Waals surface area contributed by atoms with Crippen molar-refractivity contribution in [2.24, 2.45) is 5.41 Å². The number of ketones is 2. The fourth-order valence-electron chi connectivity index (χ4n) is 1.38. The topological polar surface area (TPSA) is 34.1 Å². The van der Waals surface area contributed by atoms with Gasteiger partial charge in [0.25, 0.3) is 0 Å². The second-order valence-electron chi connectivity index (χ2n) is 5.19. The van der Waals surface area contributed by atoms with Gasteiger partial charge in [0.1, 0.15) is 11.6 Å². The van der Waals surface area contributed by atoms with Gasteiger partial charge in [0, 0.05) is 19.3 Å². The first-order valence-electron chi connectivity index (χ1n) is 5.32. The van der Waals surface area contributed by atoms with Crippen molar-refractivity contribution in [2.75, 3.05) is 0 Å². The van der Waals surface area contributed by atoms with Crippen LogP contribution in [0.1, 0.15) is 59.8 Å². The van der Waals surface area contributed by atoms with Crippen molar-refractivity contribution in [1.29, 1.82) is 0 Å². The van der Waals surface area contributed by atoms with E-state index in [0.29, 0.717) is 25.0 Å². The zero-order valence-corrected chi connectivity index (χ0v) is 9.85. The van der Waals surface area contributed by atoms with Crippen LogP contribution in [0.3, 0.4) is 0 Å². The highest BCUT2D eigenvalue weighted by atomic mass is 16.1. The number of hydrogen-bond acceptors (Lipinski definition) is 2. The van der Waals surface area contributed by atoms with Crippen LogP contribution < -0.4 is 0 Å². The molecular formula is C12H22O2. The molecule has 0 heterocycles. The molecule has 2 nitrogen and oxygen atoms in total. The van der Waals surface area contributed by atoms with Crippen molar-refractivity contribution in [3.8, 4) is 0 Å². The normalized spacial score (nSPS) is 11.4. The van der Waals surface area contributed by atoms with Crippen molar-refractivity contribution in [1.82, 2.24) is 0 Å². The molecule has 0 amide bonds. The summed E-state index contributed by atoms with van der Waals surface area (Å²) >= 11 is 0. The molecule has 0 aromatic heterocycles. The molecule has 0 saturated heterocycles. The molecule has 0 aliphatic heterocycles. The Bertz CT molecular complexity index is 199. The summed E-state index contributed by atoms with van der Waals surface area (Å²) in [4.78, 5) is 22.1. The minimum absolute atomic E-state index is 0.0949. The maximum absolute atomic E-state index is 11.4. The maximum atomic E-state index is 11.4. The molecular weight excluding hydrogens is 176 g/mol. The Morgan fingerprint density at radius 3 is 1.93 bits per heavy atom. The molecule has 0 aliphatic carbocycles. The predicted molar refractivity (Wildman–Crippen MR) is 58.2 cm³/mol. The van der Waals surface area contributed by atoms with E-state index in [9.17, 15) is 9.59 Å². The predicted octanol–water partition coefficient (Wildman–Crippen LogP) is 3.14. The third kappa shape index (κ3) is 9.43. The van der Waals surface area contributed by atoms with Crippen molar-refractivity contribution < 1.29 is 9.59 Å². The zero-order valence-electron chi connectivity index (χ0n) is 9.85. The Balaban J connectivity index is 3.50. The Morgan fingerprint density at radius 2 is 1.50 bits per heavy atom. The molecule has 0 radical (unpaired) electrons. The summed E-state index contributed by atoms with van der Waals surface area (Å²) in [5.41, 5.74) is 0.0949. The number of unbranched alkanes of at least 4 members (excludes halogenated alkanes) is 1. The lowest BCUT2D eigenvalue weighted by Crippen LogP contribution is -2.12. The molecule has 82 valence electrons. The van der Waals surface area contributed by atoms with E-state index in [1.54, 1.807) is 6.92 Å². The van der Waals surface area contributed by atoms with Gasteiger partial charge in [-0.25, -0.2) is 0 Å². The summed E-state index contributed by atoms with van der Waals surface area (Å²) in [6.07, 6.45) is 3.60. The zero-order chi connectivity index (χ0) is 11.2. The molecule has 2 heteroatoms. The largest absolute Gasteiger partial charge is 0.300 e. The van der Waals surface area contributed by atoms with Gasteiger partial charge in [0.05, 0.1) is 0 Å². The van der Waals surface area contributed by atoms with E-state index >= 15 is 0 Å². The first kappa shape index (κ1) is 13.3. The van der Waals surface area contributed by atoms with E-state index in [1.807, 2.05) is 0 Å². The number of hydrogen-bond donors (Lipinski definition) is 0. The first-order valence-corrected chi connectivity index (χ1v) is 5.32. The van der Waals surface area contributed by atoms with Gasteiger partial charge >= 0.3 is 0 Å². The van der Waals surface area contributed by atoms with Gasteiger partial charge in [-0.15, -0.1) is 0 Å². The van der Waals surface area contributed by atoms with Crippen LogP contribution in [0.5, 0.6) is 0 Å². The van der Waals surface area contributed by atoms with E-state index in [0.717, 1.165) is 12.8 Å². The number of rotatable bonds is 6. The summed E-state index contributed by atoms with van der Waals surface area (Å²) in [6.45, 7) is 7.80. The van der Waals surface area contributed by atoms with E-state index in [-0.39, 0.29) is 11.2 Å². The van der Waals surface area contributed by atoms with Gasteiger partial charge in [-0.05, 0) is 25.2 Å². The molecule has 0 spiro atoms. The highest BCUT2D eigenvalue weighted by Gasteiger charge is 2.15. The van der Waals surface area contributed by atoms with Crippen LogP contribution in [0, 0.1) is 5.41 Å². The van der Waals surface area contributed by atoms with Crippen molar-refractivity contribution in [2.45, 2.75) is 59.8 Å². The van der Waals surface area contributed by atoms with Gasteiger partial charge in [0.15, 0.2) is 0 Å². The van der Waals surface area contributed by atoms with Gasteiger partial charge in [-0.3, -0.25) is 4.79 Å². The minimum Gasteiger partial charge on any atom is -0.300 e. The van der Waals surface area contributed by atoms with Crippen molar-refractivity contribution in [3.63, 3.8) is 0 Å². The third-order valence-corrected chi connectivity index (χ3v) is 1.96. The minimum atomic E-state index is 0.0949. The summed E-state index contributed by atoms with van der Waals surface area (Å²) in [5, 5.41) is 0. The molecule has 0 atom stereocenters. The van der Waals surface area contributed by atoms with Crippen LogP contribution in [0.2, 0.25) is 0 Å². The van der Waals surface area contributed by atoms with Crippen LogP contribution in [0.15, 0.2) is 0 Å². The molecule has 0 unspecified atom stereocenters. The highest BCUT2D eigenvalue weighted by Crippen LogP contribution is 2.20. The molecule has 0 bridgehead atoms. The molecule has 0 aliphatic rings. The lowest BCUT2D eigenvalue weighted by atomic mass is 9.88. The number of carbonyl (C=O) groups is 2. The van der Waals surface area contributed by atoms with E-state index in [4.69, 9.17) is 0 Å². The van der Waals surface area contributed by atoms with Gasteiger partial charge in [-0.2, -0.15) is 0 Å². The molecule has 0 rings (SSSR count). The maximum Gasteiger partial charge on any atom is 0.133 e. The average Bonchev–Trinajstić information content (AvgIpc) is 1.94. The Labute approximate surface area is 87.1 Å². The quantitative estimate of drug-likeness (QED) is 0.614. The summed E-state index contributed by atoms with van der Waals surface area (Å²) < 4.78 is 0. The smallest absolute Gasteiger partial charge is 0.133 e. The van der Waals surface area contributed by atoms with Crippen LogP contribution in [0.25, 0.3) is 0 Å². The molecule has 0 aromatic carbocycles. The van der Waals surface area contributed by atoms with Crippen LogP contribution in [-0.2, 0) is 9.59 Å². The van der Waals surface area contributed by atoms with Crippen LogP contribution in [-0.4, -0.2) is 11.6 Å². The summed E-state index contributed by atoms with van der Waals surface area (Å²) in [7, 11) is 0. The van der Waals surface area contributed by atoms with E-state index in [2.05, 4.69) is 20.8 Å². The highest BCUT2D eigenvalue weighted by molar-refractivity contribution is 5.79. The van der Waals surface area contributed by atoms with Crippen LogP contribution >= 0.6 is 0 Å². The van der Waals surface area contributed by atoms with Crippen molar-refractivity contribution in [3.05, 3.63) is 0 Å². The van der Waals surface area contributed by atoms with Gasteiger partial charge in [-0.1, -0.05) is 20.8 Å². The monoisotopic (exact) mass is 198 g/mol. The SMILES string of the molecule is CC(=O)CCCCC(=O)CC(C)(C)C. The fourth-order valence-corrected chi connectivity index (χ4v) is 1.38. The average molecular weight is 198 g/mol. The second-order valence-corrected chi connectivity index (χ2v) is 5.19. The molecule has 0 N–H and O–H groups in total. The van der Waals surface area contributed by atoms with Gasteiger partial charge < -0.3 is 4.79 Å². The van der Waals surface area contributed by atoms with E-state index in [1.165, 1.54) is 0 Å². The number of carbonyl (C=O) groups excluding carboxylic acids is 2. The number of Topliss-reactive ketones (excluding diaryl/α,β-unsaturated/α-hetero) is 2. The first-order chi connectivity index (χ1) is 6.31. The summed E-state index contributed by atoms with van der Waals surface area (Å²) in [6, 6.07) is 0. The Morgan fingerprint density at radius 1 is 1.00 bits per heavy atom. The lowest BCUT2D eigenvalue weighted by molar-refractivity contribution is -0.121. The molecule has 0 saturated carbocycles. The molecule has 0 aromatic rings. The molecule has 0 fully saturated rings.